The monoisotopic (exact) mass is 624 g/mol. The Morgan fingerprint density at radius 2 is 1.06 bits per heavy atom. The number of nitriles is 2. The highest BCUT2D eigenvalue weighted by atomic mass is 15.0. The first kappa shape index (κ1) is 28.4. The molecular weight excluding hydrogens is 597 g/mol. The molecule has 0 saturated heterocycles. The molecular formula is C45H28N4. The van der Waals surface area contributed by atoms with Gasteiger partial charge in [-0.3, -0.25) is 0 Å². The average molecular weight is 625 g/mol. The molecule has 9 aromatic rings. The van der Waals surface area contributed by atoms with Crippen molar-refractivity contribution in [3.63, 3.8) is 0 Å². The summed E-state index contributed by atoms with van der Waals surface area (Å²) in [7, 11) is 0. The van der Waals surface area contributed by atoms with Crippen molar-refractivity contribution in [3.05, 3.63) is 168 Å². The van der Waals surface area contributed by atoms with Crippen LogP contribution in [0, 0.1) is 29.6 Å². The zero-order chi connectivity index (χ0) is 33.1. The summed E-state index contributed by atoms with van der Waals surface area (Å²) in [6.45, 7) is 2.14. The molecule has 4 nitrogen and oxygen atoms in total. The molecule has 0 aliphatic rings. The SMILES string of the molecule is Cc1ccc2c(c1)c1ccccc1n2-c1ccc(-c2ccc(C#N)c(-c3ccccc3-n3c4ccccc4c4cc(C#N)ccc43)c2)cc1. The molecule has 2 aromatic heterocycles. The third-order valence-electron chi connectivity index (χ3n) is 9.66. The Morgan fingerprint density at radius 3 is 1.82 bits per heavy atom. The third-order valence-corrected chi connectivity index (χ3v) is 9.66. The lowest BCUT2D eigenvalue weighted by atomic mass is 9.94. The maximum atomic E-state index is 10.3. The van der Waals surface area contributed by atoms with Crippen molar-refractivity contribution in [2.45, 2.75) is 6.92 Å². The summed E-state index contributed by atoms with van der Waals surface area (Å²) in [6.07, 6.45) is 0. The molecule has 9 rings (SSSR count). The normalized spacial score (nSPS) is 11.3. The molecule has 0 aliphatic carbocycles. The van der Waals surface area contributed by atoms with Crippen LogP contribution in [0.25, 0.3) is 77.2 Å². The van der Waals surface area contributed by atoms with Gasteiger partial charge in [0.1, 0.15) is 0 Å². The number of aryl methyl sites for hydroxylation is 1. The zero-order valence-corrected chi connectivity index (χ0v) is 26.7. The lowest BCUT2D eigenvalue weighted by Crippen LogP contribution is -1.98. The van der Waals surface area contributed by atoms with Gasteiger partial charge in [0, 0.05) is 38.4 Å². The second-order valence-corrected chi connectivity index (χ2v) is 12.5. The van der Waals surface area contributed by atoms with Crippen LogP contribution in [-0.2, 0) is 0 Å². The quantitative estimate of drug-likeness (QED) is 0.196. The van der Waals surface area contributed by atoms with Gasteiger partial charge in [0.25, 0.3) is 0 Å². The van der Waals surface area contributed by atoms with Crippen LogP contribution in [0.2, 0.25) is 0 Å². The van der Waals surface area contributed by atoms with Crippen LogP contribution >= 0.6 is 0 Å². The summed E-state index contributed by atoms with van der Waals surface area (Å²) in [5.74, 6) is 0. The van der Waals surface area contributed by atoms with Crippen LogP contribution in [0.4, 0.5) is 0 Å². The maximum absolute atomic E-state index is 10.3. The molecule has 0 saturated carbocycles. The number of nitrogens with zero attached hydrogens (tertiary/aromatic N) is 4. The van der Waals surface area contributed by atoms with Crippen LogP contribution < -0.4 is 0 Å². The van der Waals surface area contributed by atoms with Gasteiger partial charge in [0.05, 0.1) is 51.0 Å². The Bertz CT molecular complexity index is 2850. The Kier molecular flexibility index (Phi) is 6.44. The van der Waals surface area contributed by atoms with E-state index in [2.05, 4.69) is 125 Å². The van der Waals surface area contributed by atoms with Gasteiger partial charge in [-0.15, -0.1) is 0 Å². The highest BCUT2D eigenvalue weighted by Crippen LogP contribution is 2.39. The summed E-state index contributed by atoms with van der Waals surface area (Å²) in [5.41, 5.74) is 12.9. The van der Waals surface area contributed by atoms with E-state index in [0.29, 0.717) is 11.1 Å². The van der Waals surface area contributed by atoms with Gasteiger partial charge in [-0.2, -0.15) is 10.5 Å². The highest BCUT2D eigenvalue weighted by molar-refractivity contribution is 6.11. The Balaban J connectivity index is 1.19. The minimum Gasteiger partial charge on any atom is -0.309 e. The van der Waals surface area contributed by atoms with Gasteiger partial charge in [-0.1, -0.05) is 84.4 Å². The molecule has 7 aromatic carbocycles. The third kappa shape index (κ3) is 4.43. The number of hydrogen-bond donors (Lipinski definition) is 0. The van der Waals surface area contributed by atoms with Crippen LogP contribution in [0.15, 0.2) is 152 Å². The largest absolute Gasteiger partial charge is 0.309 e. The van der Waals surface area contributed by atoms with Crippen molar-refractivity contribution >= 4 is 43.6 Å². The smallest absolute Gasteiger partial charge is 0.0998 e. The van der Waals surface area contributed by atoms with Gasteiger partial charge in [0.15, 0.2) is 0 Å². The predicted molar refractivity (Wildman–Crippen MR) is 200 cm³/mol. The topological polar surface area (TPSA) is 57.4 Å². The van der Waals surface area contributed by atoms with Crippen LogP contribution in [0.3, 0.4) is 0 Å². The number of fused-ring (bicyclic) bond motifs is 6. The van der Waals surface area contributed by atoms with E-state index in [-0.39, 0.29) is 0 Å². The van der Waals surface area contributed by atoms with Gasteiger partial charge in [-0.05, 0) is 90.8 Å². The van der Waals surface area contributed by atoms with Gasteiger partial charge in [0.2, 0.25) is 0 Å². The minimum atomic E-state index is 0.612. The average Bonchev–Trinajstić information content (AvgIpc) is 3.66. The molecule has 49 heavy (non-hydrogen) atoms. The molecule has 0 radical (unpaired) electrons. The molecule has 0 spiro atoms. The van der Waals surface area contributed by atoms with Crippen molar-refractivity contribution in [1.82, 2.24) is 9.13 Å². The molecule has 0 bridgehead atoms. The zero-order valence-electron chi connectivity index (χ0n) is 26.7. The standard InChI is InChI=1S/C45H28N4/c1-29-14-22-44-39(24-29)36-9-3-5-11-41(36)48(44)34-20-18-31(19-21-34)32-16-17-33(28-47)38(26-32)35-8-2-6-12-42(35)49-43-13-7-4-10-37(43)40-25-30(27-46)15-23-45(40)49/h2-26H,1H3. The number of rotatable bonds is 4. The van der Waals surface area contributed by atoms with Gasteiger partial charge < -0.3 is 9.13 Å². The van der Waals surface area contributed by atoms with E-state index in [1.807, 2.05) is 54.6 Å². The number of benzene rings is 7. The predicted octanol–water partition coefficient (Wildman–Crippen LogP) is 11.3. The van der Waals surface area contributed by atoms with Gasteiger partial charge in [-0.25, -0.2) is 0 Å². The number of para-hydroxylation sites is 3. The summed E-state index contributed by atoms with van der Waals surface area (Å²) >= 11 is 0. The van der Waals surface area contributed by atoms with E-state index in [1.165, 1.54) is 27.4 Å². The summed E-state index contributed by atoms with van der Waals surface area (Å²) in [6, 6.07) is 57.1. The molecule has 0 unspecified atom stereocenters. The van der Waals surface area contributed by atoms with Crippen molar-refractivity contribution in [2.75, 3.05) is 0 Å². The molecule has 0 atom stereocenters. The Labute approximate surface area is 283 Å². The Morgan fingerprint density at radius 1 is 0.449 bits per heavy atom. The maximum Gasteiger partial charge on any atom is 0.0998 e. The number of hydrogen-bond acceptors (Lipinski definition) is 2. The second-order valence-electron chi connectivity index (χ2n) is 12.5. The van der Waals surface area contributed by atoms with E-state index in [1.54, 1.807) is 0 Å². The fourth-order valence-electron chi connectivity index (χ4n) is 7.41. The van der Waals surface area contributed by atoms with Gasteiger partial charge >= 0.3 is 0 Å². The molecule has 0 N–H and O–H groups in total. The highest BCUT2D eigenvalue weighted by Gasteiger charge is 2.18. The first-order valence-corrected chi connectivity index (χ1v) is 16.3. The van der Waals surface area contributed by atoms with E-state index < -0.39 is 0 Å². The molecule has 0 fully saturated rings. The molecule has 0 amide bonds. The van der Waals surface area contributed by atoms with E-state index in [4.69, 9.17) is 0 Å². The summed E-state index contributed by atoms with van der Waals surface area (Å²) < 4.78 is 4.58. The summed E-state index contributed by atoms with van der Waals surface area (Å²) in [4.78, 5) is 0. The Hall–Kier alpha value is -6.88. The molecule has 228 valence electrons. The van der Waals surface area contributed by atoms with E-state index in [0.717, 1.165) is 55.4 Å². The van der Waals surface area contributed by atoms with Crippen LogP contribution in [0.1, 0.15) is 16.7 Å². The molecule has 4 heteroatoms. The fourth-order valence-corrected chi connectivity index (χ4v) is 7.41. The lowest BCUT2D eigenvalue weighted by molar-refractivity contribution is 1.18. The minimum absolute atomic E-state index is 0.612. The van der Waals surface area contributed by atoms with Crippen LogP contribution in [0.5, 0.6) is 0 Å². The first-order chi connectivity index (χ1) is 24.1. The lowest BCUT2D eigenvalue weighted by Gasteiger charge is -2.16. The molecule has 2 heterocycles. The second kappa shape index (κ2) is 11.1. The van der Waals surface area contributed by atoms with Crippen molar-refractivity contribution in [3.8, 4) is 45.8 Å². The summed E-state index contributed by atoms with van der Waals surface area (Å²) in [5, 5.41) is 24.5. The van der Waals surface area contributed by atoms with Crippen molar-refractivity contribution in [1.29, 1.82) is 10.5 Å². The van der Waals surface area contributed by atoms with E-state index >= 15 is 0 Å². The van der Waals surface area contributed by atoms with Crippen molar-refractivity contribution < 1.29 is 0 Å². The van der Waals surface area contributed by atoms with E-state index in [9.17, 15) is 10.5 Å². The van der Waals surface area contributed by atoms with Crippen LogP contribution in [-0.4, -0.2) is 9.13 Å². The first-order valence-electron chi connectivity index (χ1n) is 16.3. The van der Waals surface area contributed by atoms with Crippen molar-refractivity contribution in [2.24, 2.45) is 0 Å². The molecule has 0 aliphatic heterocycles. The fraction of sp³-hybridized carbons (Fsp3) is 0.0222. The number of aromatic nitrogens is 2.